The van der Waals surface area contributed by atoms with Crippen LogP contribution in [0.5, 0.6) is 0 Å². The number of thiocarbonyl (C=S) groups is 1. The molecule has 2 nitrogen and oxygen atoms in total. The minimum absolute atomic E-state index is 0.437. The molecule has 0 radical (unpaired) electrons. The molecular weight excluding hydrogens is 320 g/mol. The number of nitrogens with two attached hydrogens (primary N) is 1. The Morgan fingerprint density at radius 2 is 2.05 bits per heavy atom. The van der Waals surface area contributed by atoms with E-state index in [1.165, 1.54) is 31.4 Å². The summed E-state index contributed by atoms with van der Waals surface area (Å²) < 4.78 is 0.979. The number of hydrogen-bond donors (Lipinski definition) is 1. The predicted octanol–water partition coefficient (Wildman–Crippen LogP) is 4.10. The summed E-state index contributed by atoms with van der Waals surface area (Å²) in [4.78, 5) is 2.84. The van der Waals surface area contributed by atoms with E-state index < -0.39 is 0 Å². The van der Waals surface area contributed by atoms with Gasteiger partial charge in [-0.25, -0.2) is 0 Å². The molecule has 1 saturated carbocycles. The number of hydrogen-bond acceptors (Lipinski definition) is 2. The molecular formula is C15H21BrN2S. The molecule has 0 spiro atoms. The molecule has 1 aliphatic rings. The summed E-state index contributed by atoms with van der Waals surface area (Å²) in [6, 6.07) is 6.87. The highest BCUT2D eigenvalue weighted by Crippen LogP contribution is 2.32. The molecule has 104 valence electrons. The summed E-state index contributed by atoms with van der Waals surface area (Å²) in [5.41, 5.74) is 7.83. The van der Waals surface area contributed by atoms with Gasteiger partial charge in [0.25, 0.3) is 0 Å². The summed E-state index contributed by atoms with van der Waals surface area (Å²) in [6.07, 6.45) is 5.33. The minimum Gasteiger partial charge on any atom is -0.389 e. The van der Waals surface area contributed by atoms with Crippen molar-refractivity contribution in [2.45, 2.75) is 38.6 Å². The molecule has 1 fully saturated rings. The van der Waals surface area contributed by atoms with Gasteiger partial charge >= 0.3 is 0 Å². The van der Waals surface area contributed by atoms with Crippen LogP contribution in [0, 0.1) is 5.92 Å². The van der Waals surface area contributed by atoms with Crippen molar-refractivity contribution in [2.75, 3.05) is 11.9 Å². The maximum atomic E-state index is 5.69. The van der Waals surface area contributed by atoms with Crippen molar-refractivity contribution >= 4 is 38.8 Å². The second kappa shape index (κ2) is 6.23. The van der Waals surface area contributed by atoms with E-state index >= 15 is 0 Å². The third-order valence-corrected chi connectivity index (χ3v) is 5.07. The van der Waals surface area contributed by atoms with Crippen LogP contribution in [0.4, 0.5) is 5.69 Å². The van der Waals surface area contributed by atoms with E-state index in [1.54, 1.807) is 0 Å². The second-order valence-corrected chi connectivity index (χ2v) is 6.76. The highest BCUT2D eigenvalue weighted by molar-refractivity contribution is 9.10. The molecule has 0 aromatic heterocycles. The van der Waals surface area contributed by atoms with Gasteiger partial charge < -0.3 is 10.6 Å². The first-order chi connectivity index (χ1) is 9.00. The van der Waals surface area contributed by atoms with Crippen LogP contribution in [0.1, 0.15) is 38.2 Å². The first-order valence-electron chi connectivity index (χ1n) is 6.83. The Bertz CT molecular complexity index is 475. The van der Waals surface area contributed by atoms with Crippen molar-refractivity contribution in [2.24, 2.45) is 11.7 Å². The lowest BCUT2D eigenvalue weighted by Gasteiger charge is -2.37. The molecule has 1 aromatic rings. The van der Waals surface area contributed by atoms with Crippen molar-refractivity contribution in [3.8, 4) is 0 Å². The molecule has 4 heteroatoms. The minimum atomic E-state index is 0.437. The quantitative estimate of drug-likeness (QED) is 0.840. The van der Waals surface area contributed by atoms with Crippen LogP contribution in [0.2, 0.25) is 0 Å². The fourth-order valence-electron chi connectivity index (χ4n) is 2.99. The topological polar surface area (TPSA) is 29.3 Å². The van der Waals surface area contributed by atoms with Gasteiger partial charge in [0.15, 0.2) is 0 Å². The van der Waals surface area contributed by atoms with Crippen molar-refractivity contribution in [3.63, 3.8) is 0 Å². The van der Waals surface area contributed by atoms with Crippen molar-refractivity contribution in [1.82, 2.24) is 0 Å². The molecule has 0 saturated heterocycles. The number of halogens is 1. The van der Waals surface area contributed by atoms with Crippen molar-refractivity contribution < 1.29 is 0 Å². The number of anilines is 1. The number of nitrogens with zero attached hydrogens (tertiary/aromatic N) is 1. The standard InChI is InChI=1S/C15H21BrN2S/c1-10-5-3-4-6-14(10)18(2)11-7-8-12(15(17)19)13(16)9-11/h7-10,14H,3-6H2,1-2H3,(H2,17,19). The third kappa shape index (κ3) is 3.29. The summed E-state index contributed by atoms with van der Waals surface area (Å²) in [6.45, 7) is 2.36. The van der Waals surface area contributed by atoms with Gasteiger partial charge in [0.1, 0.15) is 4.99 Å². The maximum Gasteiger partial charge on any atom is 0.105 e. The smallest absolute Gasteiger partial charge is 0.105 e. The molecule has 2 unspecified atom stereocenters. The Hall–Kier alpha value is -0.610. The van der Waals surface area contributed by atoms with E-state index in [2.05, 4.69) is 46.9 Å². The Balaban J connectivity index is 2.21. The molecule has 2 atom stereocenters. The lowest BCUT2D eigenvalue weighted by Crippen LogP contribution is -2.39. The monoisotopic (exact) mass is 340 g/mol. The molecule has 0 aliphatic heterocycles. The van der Waals surface area contributed by atoms with E-state index in [4.69, 9.17) is 18.0 Å². The summed E-state index contributed by atoms with van der Waals surface area (Å²) in [5.74, 6) is 0.757. The van der Waals surface area contributed by atoms with Crippen LogP contribution >= 0.6 is 28.1 Å². The van der Waals surface area contributed by atoms with Gasteiger partial charge in [0, 0.05) is 28.8 Å². The van der Waals surface area contributed by atoms with E-state index in [-0.39, 0.29) is 0 Å². The zero-order valence-corrected chi connectivity index (χ0v) is 13.9. The van der Waals surface area contributed by atoms with Gasteiger partial charge in [-0.15, -0.1) is 0 Å². The Morgan fingerprint density at radius 1 is 1.37 bits per heavy atom. The molecule has 0 heterocycles. The maximum absolute atomic E-state index is 5.69. The number of rotatable bonds is 3. The van der Waals surface area contributed by atoms with E-state index in [0.717, 1.165) is 16.0 Å². The molecule has 0 bridgehead atoms. The SMILES string of the molecule is CC1CCCCC1N(C)c1ccc(C(N)=S)c(Br)c1. The lowest BCUT2D eigenvalue weighted by molar-refractivity contribution is 0.321. The van der Waals surface area contributed by atoms with Crippen LogP contribution in [-0.4, -0.2) is 18.1 Å². The molecule has 1 aliphatic carbocycles. The highest BCUT2D eigenvalue weighted by Gasteiger charge is 2.25. The Labute approximate surface area is 129 Å². The molecule has 2 N–H and O–H groups in total. The Morgan fingerprint density at radius 3 is 2.63 bits per heavy atom. The summed E-state index contributed by atoms with van der Waals surface area (Å²) in [5, 5.41) is 0. The van der Waals surface area contributed by atoms with Crippen LogP contribution in [0.15, 0.2) is 22.7 Å². The predicted molar refractivity (Wildman–Crippen MR) is 89.9 cm³/mol. The zero-order valence-electron chi connectivity index (χ0n) is 11.5. The highest BCUT2D eigenvalue weighted by atomic mass is 79.9. The van der Waals surface area contributed by atoms with Gasteiger partial charge in [0.2, 0.25) is 0 Å². The van der Waals surface area contributed by atoms with Gasteiger partial charge in [-0.05, 0) is 52.9 Å². The molecule has 19 heavy (non-hydrogen) atoms. The van der Waals surface area contributed by atoms with Gasteiger partial charge in [-0.3, -0.25) is 0 Å². The first kappa shape index (κ1) is 14.8. The van der Waals surface area contributed by atoms with Gasteiger partial charge in [0.05, 0.1) is 0 Å². The zero-order chi connectivity index (χ0) is 14.0. The normalized spacial score (nSPS) is 23.1. The van der Waals surface area contributed by atoms with Crippen molar-refractivity contribution in [1.29, 1.82) is 0 Å². The van der Waals surface area contributed by atoms with E-state index in [0.29, 0.717) is 11.0 Å². The van der Waals surface area contributed by atoms with Gasteiger partial charge in [-0.2, -0.15) is 0 Å². The molecule has 1 aromatic carbocycles. The lowest BCUT2D eigenvalue weighted by atomic mass is 9.85. The van der Waals surface area contributed by atoms with E-state index in [1.807, 2.05) is 6.07 Å². The fraction of sp³-hybridized carbons (Fsp3) is 0.533. The fourth-order valence-corrected chi connectivity index (χ4v) is 3.88. The molecule has 0 amide bonds. The average molecular weight is 341 g/mol. The molecule has 2 rings (SSSR count). The van der Waals surface area contributed by atoms with E-state index in [9.17, 15) is 0 Å². The largest absolute Gasteiger partial charge is 0.389 e. The number of benzene rings is 1. The van der Waals surface area contributed by atoms with Gasteiger partial charge in [-0.1, -0.05) is 32.0 Å². The first-order valence-corrected chi connectivity index (χ1v) is 8.03. The van der Waals surface area contributed by atoms with Crippen LogP contribution in [-0.2, 0) is 0 Å². The summed E-state index contributed by atoms with van der Waals surface area (Å²) >= 11 is 8.60. The van der Waals surface area contributed by atoms with Crippen LogP contribution < -0.4 is 10.6 Å². The summed E-state index contributed by atoms with van der Waals surface area (Å²) in [7, 11) is 2.19. The average Bonchev–Trinajstić information content (AvgIpc) is 2.38. The third-order valence-electron chi connectivity index (χ3n) is 4.19. The van der Waals surface area contributed by atoms with Crippen LogP contribution in [0.3, 0.4) is 0 Å². The van der Waals surface area contributed by atoms with Crippen LogP contribution in [0.25, 0.3) is 0 Å². The van der Waals surface area contributed by atoms with Crippen molar-refractivity contribution in [3.05, 3.63) is 28.2 Å². The Kier molecular flexibility index (Phi) is 4.85. The second-order valence-electron chi connectivity index (χ2n) is 5.47.